The van der Waals surface area contributed by atoms with Crippen molar-refractivity contribution in [3.8, 4) is 17.1 Å². The van der Waals surface area contributed by atoms with Gasteiger partial charge >= 0.3 is 0 Å². The first-order valence-electron chi connectivity index (χ1n) is 10.4. The second kappa shape index (κ2) is 9.58. The highest BCUT2D eigenvalue weighted by molar-refractivity contribution is 5.98. The fourth-order valence-corrected chi connectivity index (χ4v) is 3.50. The smallest absolute Gasteiger partial charge is 0.297 e. The molecular weight excluding hydrogens is 466 g/mol. The molecule has 1 aromatic carbocycles. The lowest BCUT2D eigenvalue weighted by molar-refractivity contribution is -0.120. The highest BCUT2D eigenvalue weighted by atomic mass is 19.3. The van der Waals surface area contributed by atoms with Gasteiger partial charge < -0.3 is 15.8 Å². The van der Waals surface area contributed by atoms with Gasteiger partial charge in [0.2, 0.25) is 5.91 Å². The number of primary amides is 1. The SMILES string of the molecule is COc1c(Nc2cc(C3(C(N)=O)CC3)nnc2C(=O)NOCC(F)F)cccc1-c1ncn(C)n1. The predicted octanol–water partition coefficient (Wildman–Crippen LogP) is 1.47. The molecule has 0 saturated heterocycles. The number of benzene rings is 1. The van der Waals surface area contributed by atoms with E-state index in [4.69, 9.17) is 10.5 Å². The van der Waals surface area contributed by atoms with Crippen LogP contribution in [0.3, 0.4) is 0 Å². The van der Waals surface area contributed by atoms with Gasteiger partial charge in [-0.05, 0) is 31.0 Å². The number of carbonyl (C=O) groups excluding carboxylic acids is 2. The highest BCUT2D eigenvalue weighted by Gasteiger charge is 2.52. The topological polar surface area (TPSA) is 159 Å². The fraction of sp³-hybridized carbons (Fsp3) is 0.333. The molecule has 1 saturated carbocycles. The van der Waals surface area contributed by atoms with Crippen LogP contribution in [0.15, 0.2) is 30.6 Å². The number of nitrogens with zero attached hydrogens (tertiary/aromatic N) is 5. The Hall–Kier alpha value is -4.20. The number of hydrogen-bond donors (Lipinski definition) is 3. The molecular formula is C21H22F2N8O4. The molecule has 2 aromatic heterocycles. The lowest BCUT2D eigenvalue weighted by atomic mass is 10.0. The number of amides is 2. The minimum absolute atomic E-state index is 0.130. The molecule has 0 unspecified atom stereocenters. The van der Waals surface area contributed by atoms with E-state index in [9.17, 15) is 18.4 Å². The lowest BCUT2D eigenvalue weighted by Crippen LogP contribution is -2.31. The molecule has 4 N–H and O–H groups in total. The van der Waals surface area contributed by atoms with Crippen LogP contribution in [-0.4, -0.2) is 56.9 Å². The average molecular weight is 488 g/mol. The molecule has 184 valence electrons. The molecule has 0 radical (unpaired) electrons. The number of anilines is 2. The third-order valence-corrected chi connectivity index (χ3v) is 5.42. The Morgan fingerprint density at radius 1 is 1.26 bits per heavy atom. The zero-order chi connectivity index (χ0) is 25.2. The molecule has 0 atom stereocenters. The number of ether oxygens (including phenoxy) is 1. The Labute approximate surface area is 197 Å². The first-order chi connectivity index (χ1) is 16.7. The molecule has 1 aliphatic rings. The summed E-state index contributed by atoms with van der Waals surface area (Å²) in [5, 5.41) is 15.3. The van der Waals surface area contributed by atoms with Gasteiger partial charge in [0.15, 0.2) is 17.3 Å². The van der Waals surface area contributed by atoms with Gasteiger partial charge in [0.1, 0.15) is 12.9 Å². The van der Waals surface area contributed by atoms with Crippen LogP contribution < -0.4 is 21.3 Å². The van der Waals surface area contributed by atoms with Crippen LogP contribution in [0.5, 0.6) is 5.75 Å². The van der Waals surface area contributed by atoms with E-state index in [0.717, 1.165) is 0 Å². The number of alkyl halides is 2. The molecule has 3 aromatic rings. The third-order valence-electron chi connectivity index (χ3n) is 5.42. The first-order valence-corrected chi connectivity index (χ1v) is 10.4. The fourth-order valence-electron chi connectivity index (χ4n) is 3.50. The predicted molar refractivity (Wildman–Crippen MR) is 118 cm³/mol. The van der Waals surface area contributed by atoms with Gasteiger partial charge in [-0.25, -0.2) is 19.2 Å². The number of aromatic nitrogens is 5. The number of halogens is 2. The molecule has 0 spiro atoms. The maximum absolute atomic E-state index is 12.6. The molecule has 2 amide bonds. The van der Waals surface area contributed by atoms with E-state index < -0.39 is 30.3 Å². The number of aryl methyl sites for hydroxylation is 1. The number of carbonyl (C=O) groups is 2. The first kappa shape index (κ1) is 23.9. The average Bonchev–Trinajstić information content (AvgIpc) is 3.53. The van der Waals surface area contributed by atoms with Crippen molar-refractivity contribution in [2.24, 2.45) is 12.8 Å². The number of hydrogen-bond acceptors (Lipinski definition) is 9. The van der Waals surface area contributed by atoms with Crippen LogP contribution in [0.4, 0.5) is 20.2 Å². The molecule has 1 fully saturated rings. The minimum atomic E-state index is -2.78. The van der Waals surface area contributed by atoms with Crippen LogP contribution in [-0.2, 0) is 22.1 Å². The molecule has 12 nitrogen and oxygen atoms in total. The van der Waals surface area contributed by atoms with Crippen molar-refractivity contribution >= 4 is 23.2 Å². The summed E-state index contributed by atoms with van der Waals surface area (Å²) < 4.78 is 31.9. The van der Waals surface area contributed by atoms with Crippen LogP contribution >= 0.6 is 0 Å². The van der Waals surface area contributed by atoms with Crippen molar-refractivity contribution in [2.75, 3.05) is 19.0 Å². The van der Waals surface area contributed by atoms with Crippen LogP contribution in [0.25, 0.3) is 11.4 Å². The summed E-state index contributed by atoms with van der Waals surface area (Å²) in [7, 11) is 3.18. The van der Waals surface area contributed by atoms with Gasteiger partial charge in [-0.2, -0.15) is 10.2 Å². The molecule has 4 rings (SSSR count). The van der Waals surface area contributed by atoms with Crippen molar-refractivity contribution in [1.29, 1.82) is 0 Å². The summed E-state index contributed by atoms with van der Waals surface area (Å²) >= 11 is 0. The van der Waals surface area contributed by atoms with Crippen molar-refractivity contribution in [3.05, 3.63) is 42.0 Å². The van der Waals surface area contributed by atoms with Crippen LogP contribution in [0.2, 0.25) is 0 Å². The van der Waals surface area contributed by atoms with E-state index in [2.05, 4.69) is 30.4 Å². The van der Waals surface area contributed by atoms with E-state index in [1.165, 1.54) is 24.2 Å². The Morgan fingerprint density at radius 3 is 2.63 bits per heavy atom. The summed E-state index contributed by atoms with van der Waals surface area (Å²) in [4.78, 5) is 33.4. The van der Waals surface area contributed by atoms with Crippen molar-refractivity contribution in [3.63, 3.8) is 0 Å². The zero-order valence-corrected chi connectivity index (χ0v) is 18.8. The number of nitrogens with two attached hydrogens (primary N) is 1. The van der Waals surface area contributed by atoms with Gasteiger partial charge in [0.05, 0.1) is 35.2 Å². The lowest BCUT2D eigenvalue weighted by Gasteiger charge is -2.17. The maximum Gasteiger partial charge on any atom is 0.297 e. The van der Waals surface area contributed by atoms with Gasteiger partial charge in [0.25, 0.3) is 12.3 Å². The van der Waals surface area contributed by atoms with Crippen molar-refractivity contribution < 1.29 is 27.9 Å². The van der Waals surface area contributed by atoms with Crippen LogP contribution in [0.1, 0.15) is 29.0 Å². The van der Waals surface area contributed by atoms with Crippen LogP contribution in [0, 0.1) is 0 Å². The van der Waals surface area contributed by atoms with Gasteiger partial charge in [0, 0.05) is 7.05 Å². The van der Waals surface area contributed by atoms with E-state index >= 15 is 0 Å². The Kier molecular flexibility index (Phi) is 6.55. The Balaban J connectivity index is 1.73. The number of para-hydroxylation sites is 1. The largest absolute Gasteiger partial charge is 0.494 e. The molecule has 14 heteroatoms. The zero-order valence-electron chi connectivity index (χ0n) is 18.8. The molecule has 1 aliphatic carbocycles. The van der Waals surface area contributed by atoms with Crippen molar-refractivity contribution in [1.82, 2.24) is 30.4 Å². The van der Waals surface area contributed by atoms with E-state index in [1.54, 1.807) is 25.2 Å². The summed E-state index contributed by atoms with van der Waals surface area (Å²) in [6.07, 6.45) is -0.263. The second-order valence-electron chi connectivity index (χ2n) is 7.82. The molecule has 0 aliphatic heterocycles. The number of methoxy groups -OCH3 is 1. The normalized spacial score (nSPS) is 14.0. The number of nitrogens with one attached hydrogen (secondary N) is 2. The highest BCUT2D eigenvalue weighted by Crippen LogP contribution is 2.48. The number of rotatable bonds is 10. The van der Waals surface area contributed by atoms with Crippen molar-refractivity contribution in [2.45, 2.75) is 24.7 Å². The summed E-state index contributed by atoms with van der Waals surface area (Å²) in [5.74, 6) is -0.701. The third kappa shape index (κ3) is 4.87. The van der Waals surface area contributed by atoms with E-state index in [-0.39, 0.29) is 17.1 Å². The van der Waals surface area contributed by atoms with E-state index in [0.29, 0.717) is 35.7 Å². The molecule has 35 heavy (non-hydrogen) atoms. The second-order valence-corrected chi connectivity index (χ2v) is 7.82. The Morgan fingerprint density at radius 2 is 2.03 bits per heavy atom. The maximum atomic E-state index is 12.6. The van der Waals surface area contributed by atoms with Gasteiger partial charge in [-0.3, -0.25) is 19.1 Å². The monoisotopic (exact) mass is 488 g/mol. The summed E-state index contributed by atoms with van der Waals surface area (Å²) in [5.41, 5.74) is 7.63. The Bertz CT molecular complexity index is 1260. The molecule has 2 heterocycles. The van der Waals surface area contributed by atoms with Gasteiger partial charge in [-0.1, -0.05) is 6.07 Å². The van der Waals surface area contributed by atoms with E-state index in [1.807, 2.05) is 5.48 Å². The molecule has 0 bridgehead atoms. The van der Waals surface area contributed by atoms with Gasteiger partial charge in [-0.15, -0.1) is 5.10 Å². The summed E-state index contributed by atoms with van der Waals surface area (Å²) in [6, 6.07) is 6.64. The minimum Gasteiger partial charge on any atom is -0.494 e. The number of hydroxylamine groups is 1. The summed E-state index contributed by atoms with van der Waals surface area (Å²) in [6.45, 7) is -1.00. The quantitative estimate of drug-likeness (QED) is 0.359. The standard InChI is InChI=1S/C21H22F2N8O4/c1-31-10-25-18(29-31)11-4-3-5-12(17(11)34-2)26-13-8-14(21(6-7-21)20(24)33)27-28-16(13)19(32)30-35-9-15(22)23/h3-5,8,10,15H,6-7,9H2,1-2H3,(H2,24,33)(H,26,27)(H,30,32).